The largest absolute Gasteiger partial charge is 0.458 e. The third-order valence-corrected chi connectivity index (χ3v) is 15.9. The van der Waals surface area contributed by atoms with Crippen LogP contribution in [-0.4, -0.2) is 171 Å². The van der Waals surface area contributed by atoms with Gasteiger partial charge in [0.1, 0.15) is 61.5 Å². The van der Waals surface area contributed by atoms with Gasteiger partial charge in [-0.05, 0) is 87.0 Å². The number of aliphatic hydroxyl groups excluding tert-OH is 7. The number of methoxy groups -OCH3 is 1. The van der Waals surface area contributed by atoms with Crippen LogP contribution in [0.1, 0.15) is 78.6 Å². The summed E-state index contributed by atoms with van der Waals surface area (Å²) in [7, 11) is 1.54. The van der Waals surface area contributed by atoms with E-state index in [0.29, 0.717) is 24.7 Å². The van der Waals surface area contributed by atoms with Crippen molar-refractivity contribution in [3.63, 3.8) is 0 Å². The molecule has 0 spiro atoms. The predicted octanol–water partition coefficient (Wildman–Crippen LogP) is -0.292. The zero-order valence-electron chi connectivity index (χ0n) is 34.3. The van der Waals surface area contributed by atoms with Gasteiger partial charge in [-0.15, -0.1) is 0 Å². The third-order valence-electron chi connectivity index (χ3n) is 15.9. The first kappa shape index (κ1) is 44.0. The van der Waals surface area contributed by atoms with E-state index >= 15 is 0 Å². The number of cyclic esters (lactones) is 1. The Kier molecular flexibility index (Phi) is 12.5. The molecule has 21 atom stereocenters. The van der Waals surface area contributed by atoms with Crippen molar-refractivity contribution < 1.29 is 83.5 Å². The summed E-state index contributed by atoms with van der Waals surface area (Å²) >= 11 is 0. The number of carbonyl (C=O) groups excluding carboxylic acids is 1. The fourth-order valence-electron chi connectivity index (χ4n) is 12.3. The fraction of sp³-hybridized carbons (Fsp3) is 0.881. The molecule has 4 aliphatic carbocycles. The smallest absolute Gasteiger partial charge is 0.331 e. The maximum absolute atomic E-state index is 12.5. The molecule has 0 aromatic carbocycles. The number of ether oxygens (including phenoxy) is 8. The van der Waals surface area contributed by atoms with Gasteiger partial charge in [-0.1, -0.05) is 19.9 Å². The van der Waals surface area contributed by atoms with Crippen LogP contribution < -0.4 is 0 Å². The molecule has 0 bridgehead atoms. The van der Waals surface area contributed by atoms with Gasteiger partial charge in [0, 0.05) is 30.6 Å². The van der Waals surface area contributed by atoms with Crippen LogP contribution in [-0.2, 0) is 42.7 Å². The highest BCUT2D eigenvalue weighted by Gasteiger charge is 2.66. The van der Waals surface area contributed by atoms with Crippen LogP contribution in [0.5, 0.6) is 0 Å². The minimum absolute atomic E-state index is 0.0371. The number of carbonyl (C=O) groups is 1. The molecule has 334 valence electrons. The highest BCUT2D eigenvalue weighted by atomic mass is 16.8. The van der Waals surface area contributed by atoms with Crippen molar-refractivity contribution in [3.8, 4) is 0 Å². The van der Waals surface area contributed by atoms with Crippen molar-refractivity contribution in [1.29, 1.82) is 0 Å². The first-order valence-electron chi connectivity index (χ1n) is 21.4. The lowest BCUT2D eigenvalue weighted by molar-refractivity contribution is -0.355. The van der Waals surface area contributed by atoms with E-state index in [0.717, 1.165) is 56.1 Å². The Morgan fingerprint density at radius 2 is 1.53 bits per heavy atom. The Balaban J connectivity index is 0.857. The second-order valence-electron chi connectivity index (χ2n) is 18.8. The zero-order valence-corrected chi connectivity index (χ0v) is 34.3. The molecule has 0 radical (unpaired) electrons. The minimum atomic E-state index is -1.70. The normalized spacial score (nSPS) is 52.5. The molecule has 8 rings (SSSR count). The van der Waals surface area contributed by atoms with Gasteiger partial charge in [-0.25, -0.2) is 4.79 Å². The van der Waals surface area contributed by atoms with Crippen LogP contribution in [0.4, 0.5) is 0 Å². The van der Waals surface area contributed by atoms with Crippen LogP contribution in [0, 0.1) is 28.6 Å². The lowest BCUT2D eigenvalue weighted by Crippen LogP contribution is -2.63. The number of hydrogen-bond acceptors (Lipinski definition) is 17. The van der Waals surface area contributed by atoms with E-state index in [1.807, 2.05) is 0 Å². The Bertz CT molecular complexity index is 1590. The molecule has 4 heterocycles. The first-order valence-corrected chi connectivity index (χ1v) is 21.4. The van der Waals surface area contributed by atoms with Gasteiger partial charge in [0.15, 0.2) is 18.9 Å². The van der Waals surface area contributed by atoms with Gasteiger partial charge < -0.3 is 78.7 Å². The summed E-state index contributed by atoms with van der Waals surface area (Å²) in [5, 5.41) is 84.9. The maximum Gasteiger partial charge on any atom is 0.331 e. The molecule has 3 saturated carbocycles. The molecule has 4 aliphatic heterocycles. The summed E-state index contributed by atoms with van der Waals surface area (Å²) in [4.78, 5) is 11.9. The summed E-state index contributed by atoms with van der Waals surface area (Å²) in [6.07, 6.45) is -6.76. The molecular formula is C42H64O17. The summed E-state index contributed by atoms with van der Waals surface area (Å²) in [5.41, 5.74) is 0.766. The van der Waals surface area contributed by atoms with Crippen molar-refractivity contribution in [2.45, 2.75) is 176 Å². The van der Waals surface area contributed by atoms with Crippen LogP contribution in [0.3, 0.4) is 0 Å². The molecule has 0 aromatic heterocycles. The van der Waals surface area contributed by atoms with E-state index in [1.165, 1.54) is 0 Å². The monoisotopic (exact) mass is 840 g/mol. The van der Waals surface area contributed by atoms with E-state index in [1.54, 1.807) is 20.1 Å². The highest BCUT2D eigenvalue weighted by molar-refractivity contribution is 5.86. The SMILES string of the molecule is COC1CC(OC2CCC3(C)C(CCC4C3CCC3(C)C(C5=CC(=O)OC5)=CCC43O)C2)OC(C)C1OC1OC(COC2OC(CO)C(O)C(O)C2O)C(O)C(O)C1O. The van der Waals surface area contributed by atoms with Gasteiger partial charge in [0.25, 0.3) is 0 Å². The zero-order chi connectivity index (χ0) is 42.2. The Morgan fingerprint density at radius 1 is 0.814 bits per heavy atom. The second kappa shape index (κ2) is 16.8. The predicted molar refractivity (Wildman–Crippen MR) is 202 cm³/mol. The van der Waals surface area contributed by atoms with Crippen molar-refractivity contribution >= 4 is 5.97 Å². The van der Waals surface area contributed by atoms with Gasteiger partial charge in [-0.3, -0.25) is 0 Å². The van der Waals surface area contributed by atoms with Gasteiger partial charge in [0.05, 0.1) is 37.1 Å². The molecule has 17 heteroatoms. The maximum atomic E-state index is 12.5. The average Bonchev–Trinajstić information content (AvgIpc) is 3.77. The Hall–Kier alpha value is -1.65. The van der Waals surface area contributed by atoms with Crippen molar-refractivity contribution in [1.82, 2.24) is 0 Å². The van der Waals surface area contributed by atoms with Gasteiger partial charge in [-0.2, -0.15) is 0 Å². The summed E-state index contributed by atoms with van der Waals surface area (Å²) < 4.78 is 47.2. The number of fused-ring (bicyclic) bond motifs is 5. The van der Waals surface area contributed by atoms with E-state index in [2.05, 4.69) is 19.9 Å². The minimum Gasteiger partial charge on any atom is -0.458 e. The van der Waals surface area contributed by atoms with Crippen LogP contribution >= 0.6 is 0 Å². The number of rotatable bonds is 10. The summed E-state index contributed by atoms with van der Waals surface area (Å²) in [6, 6.07) is 0. The van der Waals surface area contributed by atoms with Crippen LogP contribution in [0.25, 0.3) is 0 Å². The van der Waals surface area contributed by atoms with Crippen LogP contribution in [0.15, 0.2) is 23.3 Å². The molecule has 59 heavy (non-hydrogen) atoms. The van der Waals surface area contributed by atoms with E-state index in [9.17, 15) is 45.6 Å². The van der Waals surface area contributed by atoms with Crippen LogP contribution in [0.2, 0.25) is 0 Å². The van der Waals surface area contributed by atoms with Crippen molar-refractivity contribution in [2.24, 2.45) is 28.6 Å². The summed E-state index contributed by atoms with van der Waals surface area (Å²) in [6.45, 7) is 5.53. The second-order valence-corrected chi connectivity index (χ2v) is 18.8. The number of aliphatic hydroxyl groups is 8. The third kappa shape index (κ3) is 7.56. The molecule has 0 amide bonds. The van der Waals surface area contributed by atoms with E-state index in [-0.39, 0.29) is 30.0 Å². The molecule has 0 aromatic rings. The Labute approximate surface area is 344 Å². The van der Waals surface area contributed by atoms with E-state index in [4.69, 9.17) is 37.9 Å². The molecule has 17 nitrogen and oxygen atoms in total. The van der Waals surface area contributed by atoms with Crippen molar-refractivity contribution in [3.05, 3.63) is 23.3 Å². The lowest BCUT2D eigenvalue weighted by Gasteiger charge is -2.63. The quantitative estimate of drug-likeness (QED) is 0.104. The average molecular weight is 841 g/mol. The lowest BCUT2D eigenvalue weighted by atomic mass is 9.43. The van der Waals surface area contributed by atoms with Gasteiger partial charge in [0.2, 0.25) is 0 Å². The molecule has 3 saturated heterocycles. The number of esters is 1. The highest BCUT2D eigenvalue weighted by Crippen LogP contribution is 2.68. The fourth-order valence-corrected chi connectivity index (χ4v) is 12.3. The molecule has 21 unspecified atom stereocenters. The van der Waals surface area contributed by atoms with Crippen molar-refractivity contribution in [2.75, 3.05) is 26.9 Å². The molecule has 6 fully saturated rings. The Morgan fingerprint density at radius 3 is 2.22 bits per heavy atom. The van der Waals surface area contributed by atoms with E-state index < -0.39 is 110 Å². The standard InChI is InChI=1S/C42H64O17/c1-19-37(59-39-36(50)34(48)32(46)28(58-39)18-54-38-35(49)33(47)31(45)27(16-43)57-38)26(52-4)15-30(55-19)56-22-7-10-40(2)21(14-22)5-6-25-24(40)8-11-41(3)23(9-12-42(25,41)51)20-13-29(44)53-17-20/h9,13,19,21-22,24-28,30-39,43,45-51H,5-8,10-12,14-18H2,1-4H3. The molecular weight excluding hydrogens is 776 g/mol. The summed E-state index contributed by atoms with van der Waals surface area (Å²) in [5.74, 6) is 0.650. The van der Waals surface area contributed by atoms with Gasteiger partial charge >= 0.3 is 5.97 Å². The number of hydrogen-bond donors (Lipinski definition) is 8. The molecule has 8 aliphatic rings. The molecule has 8 N–H and O–H groups in total. The first-order chi connectivity index (χ1) is 28.0. The topological polar surface area (TPSA) is 253 Å².